The summed E-state index contributed by atoms with van der Waals surface area (Å²) in [4.78, 5) is 18.2. The molecule has 0 heterocycles. The lowest BCUT2D eigenvalue weighted by molar-refractivity contribution is 0.0485. The number of nitrogens with one attached hydrogen (secondary N) is 2. The molecule has 0 aromatic carbocycles. The smallest absolute Gasteiger partial charge is 0.407 e. The molecule has 180 valence electrons. The van der Waals surface area contributed by atoms with Crippen molar-refractivity contribution in [3.05, 3.63) is 0 Å². The second-order valence-electron chi connectivity index (χ2n) is 9.61. The lowest BCUT2D eigenvalue weighted by Crippen LogP contribution is -2.46. The summed E-state index contributed by atoms with van der Waals surface area (Å²) in [6.07, 6.45) is 0.280. The van der Waals surface area contributed by atoms with E-state index in [-0.39, 0.29) is 41.7 Å². The van der Waals surface area contributed by atoms with Crippen LogP contribution in [0.3, 0.4) is 0 Å². The Kier molecular flexibility index (Phi) is 13.5. The number of nitrogens with zero attached hydrogens (tertiary/aromatic N) is 2. The highest BCUT2D eigenvalue weighted by atomic mass is 127. The van der Waals surface area contributed by atoms with Crippen molar-refractivity contribution in [2.75, 3.05) is 32.9 Å². The van der Waals surface area contributed by atoms with Crippen LogP contribution in [-0.2, 0) is 14.6 Å². The number of halogens is 1. The molecule has 0 fully saturated rings. The average Bonchev–Trinajstić information content (AvgIpc) is 2.52. The highest BCUT2D eigenvalue weighted by Gasteiger charge is 2.28. The minimum Gasteiger partial charge on any atom is -0.444 e. The van der Waals surface area contributed by atoms with Gasteiger partial charge in [-0.3, -0.25) is 4.99 Å². The van der Waals surface area contributed by atoms with E-state index in [0.717, 1.165) is 0 Å². The second kappa shape index (κ2) is 12.9. The molecule has 0 rings (SSSR count). The average molecular weight is 563 g/mol. The molecule has 2 N–H and O–H groups in total. The maximum atomic E-state index is 12.2. The Morgan fingerprint density at radius 3 is 2.07 bits per heavy atom. The van der Waals surface area contributed by atoms with Gasteiger partial charge in [-0.2, -0.15) is 0 Å². The van der Waals surface area contributed by atoms with Crippen molar-refractivity contribution >= 4 is 45.9 Å². The van der Waals surface area contributed by atoms with Crippen molar-refractivity contribution in [1.29, 1.82) is 0 Å². The third-order valence-electron chi connectivity index (χ3n) is 4.44. The van der Waals surface area contributed by atoms with Crippen molar-refractivity contribution in [2.45, 2.75) is 78.2 Å². The third-order valence-corrected chi connectivity index (χ3v) is 7.05. The van der Waals surface area contributed by atoms with E-state index in [9.17, 15) is 13.2 Å². The van der Waals surface area contributed by atoms with Crippen molar-refractivity contribution in [3.8, 4) is 0 Å². The molecule has 0 spiro atoms. The fourth-order valence-electron chi connectivity index (χ4n) is 2.46. The van der Waals surface area contributed by atoms with Gasteiger partial charge in [0, 0.05) is 33.2 Å². The first-order valence-electron chi connectivity index (χ1n) is 10.1. The summed E-state index contributed by atoms with van der Waals surface area (Å²) in [6, 6.07) is -0.0494. The zero-order chi connectivity index (χ0) is 23.0. The molecule has 1 unspecified atom stereocenters. The van der Waals surface area contributed by atoms with Crippen LogP contribution in [0.4, 0.5) is 4.79 Å². The number of carbonyl (C=O) groups excluding carboxylic acids is 1. The summed E-state index contributed by atoms with van der Waals surface area (Å²) in [7, 11) is 0.360. The van der Waals surface area contributed by atoms with Crippen LogP contribution >= 0.6 is 24.0 Å². The molecule has 0 saturated heterocycles. The van der Waals surface area contributed by atoms with Gasteiger partial charge in [-0.25, -0.2) is 13.2 Å². The Morgan fingerprint density at radius 2 is 1.67 bits per heavy atom. The van der Waals surface area contributed by atoms with Crippen LogP contribution in [0.2, 0.25) is 0 Å². The Morgan fingerprint density at radius 1 is 1.13 bits per heavy atom. The predicted molar refractivity (Wildman–Crippen MR) is 136 cm³/mol. The van der Waals surface area contributed by atoms with E-state index in [1.54, 1.807) is 27.8 Å². The summed E-state index contributed by atoms with van der Waals surface area (Å²) in [5, 5.41) is 6.04. The highest BCUT2D eigenvalue weighted by Crippen LogP contribution is 2.15. The molecule has 0 radical (unpaired) electrons. The number of hydrogen-bond donors (Lipinski definition) is 2. The first-order chi connectivity index (χ1) is 13.0. The molecule has 10 heteroatoms. The van der Waals surface area contributed by atoms with Crippen LogP contribution in [0.1, 0.15) is 61.8 Å². The molecule has 0 aliphatic rings. The number of rotatable bonds is 8. The Labute approximate surface area is 200 Å². The van der Waals surface area contributed by atoms with Crippen molar-refractivity contribution in [1.82, 2.24) is 15.5 Å². The van der Waals surface area contributed by atoms with Gasteiger partial charge < -0.3 is 20.3 Å². The van der Waals surface area contributed by atoms with Crippen LogP contribution in [-0.4, -0.2) is 74.7 Å². The molecule has 30 heavy (non-hydrogen) atoms. The standard InChI is InChI=1S/C20H42N4O4S.HI/c1-15(2)16(23-18(25)28-19(3,4)5)11-13-24(10)17(21-9)22-12-14-29(26,27)20(6,7)8;/h15-16H,11-14H2,1-10H3,(H,21,22)(H,23,25);1H. The minimum atomic E-state index is -3.19. The monoisotopic (exact) mass is 562 g/mol. The molecule has 0 aromatic heterocycles. The van der Waals surface area contributed by atoms with E-state index in [1.165, 1.54) is 0 Å². The number of hydrogen-bond acceptors (Lipinski definition) is 5. The molecule has 0 aromatic rings. The van der Waals surface area contributed by atoms with Gasteiger partial charge >= 0.3 is 6.09 Å². The zero-order valence-corrected chi connectivity index (χ0v) is 23.5. The van der Waals surface area contributed by atoms with Crippen LogP contribution in [0.15, 0.2) is 4.99 Å². The number of aliphatic imine (C=N–C) groups is 1. The van der Waals surface area contributed by atoms with Gasteiger partial charge in [0.15, 0.2) is 15.8 Å². The number of guanidine groups is 1. The lowest BCUT2D eigenvalue weighted by atomic mass is 10.0. The molecule has 8 nitrogen and oxygen atoms in total. The second-order valence-corrected chi connectivity index (χ2v) is 12.5. The Balaban J connectivity index is 0. The van der Waals surface area contributed by atoms with Gasteiger partial charge in [0.05, 0.1) is 10.5 Å². The van der Waals surface area contributed by atoms with E-state index in [2.05, 4.69) is 15.6 Å². The van der Waals surface area contributed by atoms with E-state index in [1.807, 2.05) is 46.6 Å². The SMILES string of the molecule is CN=C(NCCS(=O)(=O)C(C)(C)C)N(C)CCC(NC(=O)OC(C)(C)C)C(C)C.I. The van der Waals surface area contributed by atoms with Crippen molar-refractivity contribution in [3.63, 3.8) is 0 Å². The molecule has 0 saturated carbocycles. The largest absolute Gasteiger partial charge is 0.444 e. The number of amides is 1. The third kappa shape index (κ3) is 12.2. The highest BCUT2D eigenvalue weighted by molar-refractivity contribution is 14.0. The van der Waals surface area contributed by atoms with Gasteiger partial charge in [-0.05, 0) is 53.9 Å². The number of alkyl carbamates (subject to hydrolysis) is 1. The van der Waals surface area contributed by atoms with E-state index < -0.39 is 26.3 Å². The van der Waals surface area contributed by atoms with Gasteiger partial charge in [0.1, 0.15) is 5.60 Å². The van der Waals surface area contributed by atoms with Crippen molar-refractivity contribution < 1.29 is 17.9 Å². The molecule has 1 amide bonds. The van der Waals surface area contributed by atoms with Crippen LogP contribution < -0.4 is 10.6 Å². The van der Waals surface area contributed by atoms with E-state index in [0.29, 0.717) is 25.5 Å². The summed E-state index contributed by atoms with van der Waals surface area (Å²) in [5.74, 6) is 0.898. The number of carbonyl (C=O) groups is 1. The zero-order valence-electron chi connectivity index (χ0n) is 20.3. The van der Waals surface area contributed by atoms with E-state index >= 15 is 0 Å². The molecule has 0 bridgehead atoms. The first kappa shape index (κ1) is 31.4. The van der Waals surface area contributed by atoms with Gasteiger partial charge in [0.2, 0.25) is 0 Å². The van der Waals surface area contributed by atoms with Crippen molar-refractivity contribution in [2.24, 2.45) is 10.9 Å². The molecule has 0 aliphatic carbocycles. The van der Waals surface area contributed by atoms with Crippen LogP contribution in [0, 0.1) is 5.92 Å². The summed E-state index contributed by atoms with van der Waals surface area (Å²) in [5.41, 5.74) is -0.540. The van der Waals surface area contributed by atoms with Crippen LogP contribution in [0.5, 0.6) is 0 Å². The summed E-state index contributed by atoms with van der Waals surface area (Å²) >= 11 is 0. The lowest BCUT2D eigenvalue weighted by Gasteiger charge is -2.28. The minimum absolute atomic E-state index is 0. The fraction of sp³-hybridized carbons (Fsp3) is 0.900. The quantitative estimate of drug-likeness (QED) is 0.268. The Hall–Kier alpha value is -0.780. The maximum absolute atomic E-state index is 12.2. The number of sulfone groups is 1. The molecule has 1 atom stereocenters. The first-order valence-corrected chi connectivity index (χ1v) is 11.8. The maximum Gasteiger partial charge on any atom is 0.407 e. The van der Waals surface area contributed by atoms with Gasteiger partial charge in [0.25, 0.3) is 0 Å². The Bertz CT molecular complexity index is 653. The summed E-state index contributed by atoms with van der Waals surface area (Å²) in [6.45, 7) is 15.6. The van der Waals surface area contributed by atoms with Gasteiger partial charge in [-0.15, -0.1) is 24.0 Å². The van der Waals surface area contributed by atoms with Crippen LogP contribution in [0.25, 0.3) is 0 Å². The fourth-order valence-corrected chi connectivity index (χ4v) is 3.44. The molecular formula is C20H43IN4O4S. The predicted octanol–water partition coefficient (Wildman–Crippen LogP) is 3.26. The summed E-state index contributed by atoms with van der Waals surface area (Å²) < 4.78 is 29.0. The van der Waals surface area contributed by atoms with Gasteiger partial charge in [-0.1, -0.05) is 13.8 Å². The molecule has 0 aliphatic heterocycles. The topological polar surface area (TPSA) is 100 Å². The van der Waals surface area contributed by atoms with E-state index in [4.69, 9.17) is 4.74 Å². The normalized spacial score (nSPS) is 14.0. The number of ether oxygens (including phenoxy) is 1. The molecular weight excluding hydrogens is 519 g/mol.